The van der Waals surface area contributed by atoms with Crippen LogP contribution < -0.4 is 21.7 Å². The van der Waals surface area contributed by atoms with Crippen molar-refractivity contribution in [2.45, 2.75) is 57.8 Å². The van der Waals surface area contributed by atoms with Gasteiger partial charge in [-0.3, -0.25) is 0 Å². The van der Waals surface area contributed by atoms with Crippen LogP contribution in [0.15, 0.2) is 24.3 Å². The summed E-state index contributed by atoms with van der Waals surface area (Å²) in [5.74, 6) is 0.839. The van der Waals surface area contributed by atoms with Gasteiger partial charge in [0, 0.05) is 12.6 Å². The predicted octanol–water partition coefficient (Wildman–Crippen LogP) is 1.43. The first-order valence-electron chi connectivity index (χ1n) is 8.29. The van der Waals surface area contributed by atoms with Crippen LogP contribution in [0.5, 0.6) is 5.75 Å². The van der Waals surface area contributed by atoms with Gasteiger partial charge in [0.05, 0.1) is 17.8 Å². The summed E-state index contributed by atoms with van der Waals surface area (Å²) in [6.07, 6.45) is 1.78. The highest BCUT2D eigenvalue weighted by atomic mass is 16.7. The van der Waals surface area contributed by atoms with Gasteiger partial charge in [-0.15, -0.1) is 0 Å². The molecule has 0 amide bonds. The van der Waals surface area contributed by atoms with Gasteiger partial charge in [0.2, 0.25) is 0 Å². The Morgan fingerprint density at radius 2 is 1.65 bits per heavy atom. The van der Waals surface area contributed by atoms with Gasteiger partial charge >= 0.3 is 7.12 Å². The van der Waals surface area contributed by atoms with Gasteiger partial charge in [0.15, 0.2) is 0 Å². The molecule has 1 aromatic carbocycles. The normalized spacial score (nSPS) is 20.5. The summed E-state index contributed by atoms with van der Waals surface area (Å²) in [5.41, 5.74) is 11.6. The number of rotatable bonds is 7. The third-order valence-corrected chi connectivity index (χ3v) is 4.70. The van der Waals surface area contributed by atoms with Gasteiger partial charge < -0.3 is 25.5 Å². The van der Waals surface area contributed by atoms with E-state index in [-0.39, 0.29) is 24.4 Å². The third kappa shape index (κ3) is 4.47. The van der Waals surface area contributed by atoms with Gasteiger partial charge in [-0.25, -0.2) is 0 Å². The van der Waals surface area contributed by atoms with Gasteiger partial charge in [-0.1, -0.05) is 12.1 Å². The number of hydrogen-bond acceptors (Lipinski definition) is 5. The molecule has 5 nitrogen and oxygen atoms in total. The fourth-order valence-corrected chi connectivity index (χ4v) is 2.35. The molecule has 1 unspecified atom stereocenters. The van der Waals surface area contributed by atoms with Crippen molar-refractivity contribution in [3.8, 4) is 5.75 Å². The fourth-order valence-electron chi connectivity index (χ4n) is 2.35. The molecule has 1 aliphatic rings. The number of nitrogens with two attached hydrogens (primary N) is 2. The van der Waals surface area contributed by atoms with Gasteiger partial charge in [-0.2, -0.15) is 0 Å². The maximum atomic E-state index is 6.04. The number of ether oxygens (including phenoxy) is 1. The van der Waals surface area contributed by atoms with Crippen molar-refractivity contribution in [3.05, 3.63) is 24.3 Å². The molecule has 1 heterocycles. The summed E-state index contributed by atoms with van der Waals surface area (Å²) < 4.78 is 17.8. The Morgan fingerprint density at radius 3 is 2.17 bits per heavy atom. The molecule has 23 heavy (non-hydrogen) atoms. The fraction of sp³-hybridized carbons (Fsp3) is 0.647. The zero-order valence-corrected chi connectivity index (χ0v) is 14.7. The Kier molecular flexibility index (Phi) is 5.73. The summed E-state index contributed by atoms with van der Waals surface area (Å²) in [6.45, 7) is 9.37. The van der Waals surface area contributed by atoms with Gasteiger partial charge in [-0.05, 0) is 58.1 Å². The van der Waals surface area contributed by atoms with Crippen LogP contribution in [-0.2, 0) is 9.31 Å². The van der Waals surface area contributed by atoms with E-state index in [4.69, 9.17) is 25.5 Å². The van der Waals surface area contributed by atoms with Crippen LogP contribution in [0.1, 0.15) is 40.5 Å². The highest BCUT2D eigenvalue weighted by molar-refractivity contribution is 6.62. The molecule has 1 fully saturated rings. The second kappa shape index (κ2) is 7.22. The van der Waals surface area contributed by atoms with Crippen LogP contribution in [-0.4, -0.2) is 37.5 Å². The van der Waals surface area contributed by atoms with E-state index in [0.29, 0.717) is 13.2 Å². The van der Waals surface area contributed by atoms with Crippen molar-refractivity contribution >= 4 is 12.6 Å². The summed E-state index contributed by atoms with van der Waals surface area (Å²) in [7, 11) is -0.336. The van der Waals surface area contributed by atoms with Crippen LogP contribution in [0, 0.1) is 0 Å². The molecule has 0 aliphatic carbocycles. The molecule has 0 spiro atoms. The van der Waals surface area contributed by atoms with E-state index >= 15 is 0 Å². The predicted molar refractivity (Wildman–Crippen MR) is 93.9 cm³/mol. The summed E-state index contributed by atoms with van der Waals surface area (Å²) in [5, 5.41) is 0. The molecule has 1 saturated heterocycles. The van der Waals surface area contributed by atoms with E-state index in [9.17, 15) is 0 Å². The topological polar surface area (TPSA) is 79.7 Å². The van der Waals surface area contributed by atoms with E-state index < -0.39 is 0 Å². The average Bonchev–Trinajstić information content (AvgIpc) is 2.72. The Morgan fingerprint density at radius 1 is 1.09 bits per heavy atom. The molecule has 0 radical (unpaired) electrons. The standard InChI is InChI=1S/C17H29BN2O3/c1-16(2)17(3,4)23-18(22-16)13-7-9-15(10-8-13)21-11-5-6-14(20)12-19/h7-10,14H,5-6,11-12,19-20H2,1-4H3. The molecule has 1 aromatic rings. The van der Waals surface area contributed by atoms with Crippen molar-refractivity contribution in [2.75, 3.05) is 13.2 Å². The minimum Gasteiger partial charge on any atom is -0.494 e. The van der Waals surface area contributed by atoms with Crippen molar-refractivity contribution < 1.29 is 14.0 Å². The molecule has 0 saturated carbocycles. The molecule has 4 N–H and O–H groups in total. The molecule has 2 rings (SSSR count). The maximum absolute atomic E-state index is 6.04. The molecule has 1 aliphatic heterocycles. The van der Waals surface area contributed by atoms with E-state index in [1.165, 1.54) is 0 Å². The molecule has 0 bridgehead atoms. The van der Waals surface area contributed by atoms with Gasteiger partial charge in [0.1, 0.15) is 5.75 Å². The highest BCUT2D eigenvalue weighted by Crippen LogP contribution is 2.36. The van der Waals surface area contributed by atoms with Crippen LogP contribution >= 0.6 is 0 Å². The first kappa shape index (κ1) is 18.3. The van der Waals surface area contributed by atoms with E-state index in [0.717, 1.165) is 24.1 Å². The number of benzene rings is 1. The Bertz CT molecular complexity index is 489. The Balaban J connectivity index is 1.86. The summed E-state index contributed by atoms with van der Waals surface area (Å²) in [4.78, 5) is 0. The second-order valence-electron chi connectivity index (χ2n) is 7.14. The van der Waals surface area contributed by atoms with E-state index in [1.54, 1.807) is 0 Å². The summed E-state index contributed by atoms with van der Waals surface area (Å²) >= 11 is 0. The quantitative estimate of drug-likeness (QED) is 0.587. The van der Waals surface area contributed by atoms with E-state index in [2.05, 4.69) is 27.7 Å². The summed E-state index contributed by atoms with van der Waals surface area (Å²) in [6, 6.07) is 7.93. The lowest BCUT2D eigenvalue weighted by Crippen LogP contribution is -2.41. The van der Waals surface area contributed by atoms with E-state index in [1.807, 2.05) is 24.3 Å². The molecular formula is C17H29BN2O3. The molecular weight excluding hydrogens is 291 g/mol. The van der Waals surface area contributed by atoms with Crippen molar-refractivity contribution in [1.82, 2.24) is 0 Å². The monoisotopic (exact) mass is 320 g/mol. The highest BCUT2D eigenvalue weighted by Gasteiger charge is 2.51. The maximum Gasteiger partial charge on any atom is 0.494 e. The first-order valence-corrected chi connectivity index (χ1v) is 8.29. The largest absolute Gasteiger partial charge is 0.494 e. The third-order valence-electron chi connectivity index (χ3n) is 4.70. The van der Waals surface area contributed by atoms with Crippen molar-refractivity contribution in [3.63, 3.8) is 0 Å². The SMILES string of the molecule is CC1(C)OB(c2ccc(OCCCC(N)CN)cc2)OC1(C)C. The first-order chi connectivity index (χ1) is 10.7. The lowest BCUT2D eigenvalue weighted by Gasteiger charge is -2.32. The Labute approximate surface area is 139 Å². The zero-order valence-electron chi connectivity index (χ0n) is 14.7. The minimum absolute atomic E-state index is 0.0596. The lowest BCUT2D eigenvalue weighted by molar-refractivity contribution is 0.00578. The van der Waals surface area contributed by atoms with Crippen LogP contribution in [0.4, 0.5) is 0 Å². The molecule has 128 valence electrons. The molecule has 0 aromatic heterocycles. The number of hydrogen-bond donors (Lipinski definition) is 2. The molecule has 1 atom stereocenters. The second-order valence-corrected chi connectivity index (χ2v) is 7.14. The van der Waals surface area contributed by atoms with Crippen molar-refractivity contribution in [1.29, 1.82) is 0 Å². The smallest absolute Gasteiger partial charge is 0.494 e. The minimum atomic E-state index is -0.336. The van der Waals surface area contributed by atoms with Crippen LogP contribution in [0.2, 0.25) is 0 Å². The van der Waals surface area contributed by atoms with Gasteiger partial charge in [0.25, 0.3) is 0 Å². The Hall–Kier alpha value is -1.08. The molecule has 6 heteroatoms. The van der Waals surface area contributed by atoms with Crippen LogP contribution in [0.3, 0.4) is 0 Å². The van der Waals surface area contributed by atoms with Crippen LogP contribution in [0.25, 0.3) is 0 Å². The zero-order chi connectivity index (χ0) is 17.1. The average molecular weight is 320 g/mol. The lowest BCUT2D eigenvalue weighted by atomic mass is 9.79. The van der Waals surface area contributed by atoms with Crippen molar-refractivity contribution in [2.24, 2.45) is 11.5 Å².